The molecular weight excluding hydrogens is 400 g/mol. The third kappa shape index (κ3) is 4.98. The molecule has 1 aliphatic carbocycles. The SMILES string of the molecule is Cc1ccc(N2C(=O)CC(N(CCC3=CCCCC3)C(=O)Cc3ccccc3)C2=O)cc1. The van der Waals surface area contributed by atoms with E-state index in [0.717, 1.165) is 30.4 Å². The highest BCUT2D eigenvalue weighted by atomic mass is 16.2. The smallest absolute Gasteiger partial charge is 0.257 e. The summed E-state index contributed by atoms with van der Waals surface area (Å²) < 4.78 is 0. The van der Waals surface area contributed by atoms with Crippen molar-refractivity contribution < 1.29 is 14.4 Å². The number of imide groups is 1. The Morgan fingerprint density at radius 2 is 1.78 bits per heavy atom. The maximum Gasteiger partial charge on any atom is 0.257 e. The minimum atomic E-state index is -0.746. The van der Waals surface area contributed by atoms with Gasteiger partial charge in [0.2, 0.25) is 11.8 Å². The molecule has 4 rings (SSSR count). The number of hydrogen-bond donors (Lipinski definition) is 0. The van der Waals surface area contributed by atoms with Gasteiger partial charge in [-0.25, -0.2) is 4.90 Å². The normalized spacial score (nSPS) is 18.6. The summed E-state index contributed by atoms with van der Waals surface area (Å²) in [5, 5.41) is 0. The largest absolute Gasteiger partial charge is 0.329 e. The molecule has 3 amide bonds. The molecule has 1 saturated heterocycles. The first kappa shape index (κ1) is 22.0. The van der Waals surface area contributed by atoms with Crippen molar-refractivity contribution in [3.05, 3.63) is 77.4 Å². The van der Waals surface area contributed by atoms with Crippen LogP contribution >= 0.6 is 0 Å². The van der Waals surface area contributed by atoms with Gasteiger partial charge in [-0.3, -0.25) is 14.4 Å². The zero-order valence-electron chi connectivity index (χ0n) is 18.6. The van der Waals surface area contributed by atoms with Gasteiger partial charge in [-0.2, -0.15) is 0 Å². The molecule has 5 nitrogen and oxygen atoms in total. The van der Waals surface area contributed by atoms with Gasteiger partial charge in [0.05, 0.1) is 18.5 Å². The zero-order valence-corrected chi connectivity index (χ0v) is 18.6. The summed E-state index contributed by atoms with van der Waals surface area (Å²) in [7, 11) is 0. The summed E-state index contributed by atoms with van der Waals surface area (Å²) in [6.45, 7) is 2.42. The number of benzene rings is 2. The van der Waals surface area contributed by atoms with E-state index in [4.69, 9.17) is 0 Å². The van der Waals surface area contributed by atoms with Crippen LogP contribution in [0.1, 0.15) is 49.7 Å². The number of hydrogen-bond acceptors (Lipinski definition) is 3. The lowest BCUT2D eigenvalue weighted by molar-refractivity contribution is -0.137. The third-order valence-electron chi connectivity index (χ3n) is 6.37. The van der Waals surface area contributed by atoms with Crippen LogP contribution in [0.15, 0.2) is 66.2 Å². The molecule has 0 spiro atoms. The number of nitrogens with zero attached hydrogens (tertiary/aromatic N) is 2. The van der Waals surface area contributed by atoms with Crippen LogP contribution < -0.4 is 4.90 Å². The van der Waals surface area contributed by atoms with Gasteiger partial charge in [0.25, 0.3) is 5.91 Å². The molecule has 1 heterocycles. The Hall–Kier alpha value is -3.21. The van der Waals surface area contributed by atoms with Gasteiger partial charge in [0.1, 0.15) is 6.04 Å². The predicted octanol–water partition coefficient (Wildman–Crippen LogP) is 4.59. The molecule has 0 saturated carbocycles. The molecule has 0 bridgehead atoms. The molecule has 2 aliphatic rings. The van der Waals surface area contributed by atoms with Crippen molar-refractivity contribution in [2.24, 2.45) is 0 Å². The molecule has 0 radical (unpaired) electrons. The van der Waals surface area contributed by atoms with Crippen LogP contribution in [-0.2, 0) is 20.8 Å². The first-order valence-electron chi connectivity index (χ1n) is 11.5. The van der Waals surface area contributed by atoms with E-state index in [2.05, 4.69) is 6.08 Å². The minimum Gasteiger partial charge on any atom is -0.329 e. The number of amides is 3. The number of rotatable bonds is 7. The lowest BCUT2D eigenvalue weighted by atomic mass is 9.96. The second kappa shape index (κ2) is 9.94. The maximum absolute atomic E-state index is 13.3. The highest BCUT2D eigenvalue weighted by molar-refractivity contribution is 6.23. The van der Waals surface area contributed by atoms with E-state index in [1.54, 1.807) is 17.0 Å². The van der Waals surface area contributed by atoms with Gasteiger partial charge < -0.3 is 4.90 Å². The highest BCUT2D eigenvalue weighted by Crippen LogP contribution is 2.28. The van der Waals surface area contributed by atoms with E-state index in [9.17, 15) is 14.4 Å². The molecule has 166 valence electrons. The van der Waals surface area contributed by atoms with Crippen molar-refractivity contribution in [3.63, 3.8) is 0 Å². The molecular formula is C27H30N2O3. The summed E-state index contributed by atoms with van der Waals surface area (Å²) in [6, 6.07) is 16.2. The molecule has 2 aromatic rings. The van der Waals surface area contributed by atoms with Crippen LogP contribution in [0, 0.1) is 6.92 Å². The first-order valence-corrected chi connectivity index (χ1v) is 11.5. The van der Waals surface area contributed by atoms with Crippen LogP contribution in [-0.4, -0.2) is 35.2 Å². The van der Waals surface area contributed by atoms with Crippen LogP contribution in [0.2, 0.25) is 0 Å². The van der Waals surface area contributed by atoms with Crippen molar-refractivity contribution in [2.75, 3.05) is 11.4 Å². The summed E-state index contributed by atoms with van der Waals surface area (Å²) in [4.78, 5) is 42.4. The maximum atomic E-state index is 13.3. The highest BCUT2D eigenvalue weighted by Gasteiger charge is 2.44. The lowest BCUT2D eigenvalue weighted by Crippen LogP contribution is -2.46. The summed E-state index contributed by atoms with van der Waals surface area (Å²) in [5.41, 5.74) is 3.89. The fourth-order valence-corrected chi connectivity index (χ4v) is 4.55. The molecule has 1 unspecified atom stereocenters. The molecule has 1 fully saturated rings. The quantitative estimate of drug-likeness (QED) is 0.477. The van der Waals surface area contributed by atoms with Gasteiger partial charge in [0.15, 0.2) is 0 Å². The molecule has 32 heavy (non-hydrogen) atoms. The van der Waals surface area contributed by atoms with Crippen LogP contribution in [0.4, 0.5) is 5.69 Å². The molecule has 2 aromatic carbocycles. The van der Waals surface area contributed by atoms with Gasteiger partial charge in [0, 0.05) is 6.54 Å². The van der Waals surface area contributed by atoms with Crippen LogP contribution in [0.25, 0.3) is 0 Å². The summed E-state index contributed by atoms with van der Waals surface area (Å²) in [6.07, 6.45) is 7.79. The Labute approximate surface area is 189 Å². The van der Waals surface area contributed by atoms with Crippen molar-refractivity contribution in [3.8, 4) is 0 Å². The van der Waals surface area contributed by atoms with Crippen molar-refractivity contribution >= 4 is 23.4 Å². The number of carbonyl (C=O) groups excluding carboxylic acids is 3. The topological polar surface area (TPSA) is 57.7 Å². The van der Waals surface area contributed by atoms with Crippen molar-refractivity contribution in [2.45, 2.75) is 57.9 Å². The number of allylic oxidation sites excluding steroid dienone is 1. The molecule has 0 N–H and O–H groups in total. The van der Waals surface area contributed by atoms with Crippen LogP contribution in [0.3, 0.4) is 0 Å². The molecule has 0 aromatic heterocycles. The average Bonchev–Trinajstić information content (AvgIpc) is 3.09. The van der Waals surface area contributed by atoms with Crippen molar-refractivity contribution in [1.82, 2.24) is 4.90 Å². The lowest BCUT2D eigenvalue weighted by Gasteiger charge is -2.29. The standard InChI is InChI=1S/C27H30N2O3/c1-20-12-14-23(15-13-20)29-26(31)19-24(27(29)32)28(17-16-21-8-4-2-5-9-21)25(30)18-22-10-6-3-7-11-22/h3,6-8,10-15,24H,2,4-5,9,16-19H2,1H3. The Morgan fingerprint density at radius 1 is 1.03 bits per heavy atom. The zero-order chi connectivity index (χ0) is 22.5. The first-order chi connectivity index (χ1) is 15.5. The average molecular weight is 431 g/mol. The van der Waals surface area contributed by atoms with E-state index in [1.165, 1.54) is 23.3 Å². The van der Waals surface area contributed by atoms with E-state index < -0.39 is 6.04 Å². The van der Waals surface area contributed by atoms with Gasteiger partial charge >= 0.3 is 0 Å². The third-order valence-corrected chi connectivity index (χ3v) is 6.37. The number of carbonyl (C=O) groups is 3. The van der Waals surface area contributed by atoms with Gasteiger partial charge in [-0.1, -0.05) is 59.7 Å². The summed E-state index contributed by atoms with van der Waals surface area (Å²) >= 11 is 0. The van der Waals surface area contributed by atoms with E-state index in [-0.39, 0.29) is 30.6 Å². The predicted molar refractivity (Wildman–Crippen MR) is 125 cm³/mol. The van der Waals surface area contributed by atoms with Gasteiger partial charge in [-0.05, 0) is 56.7 Å². The number of aryl methyl sites for hydroxylation is 1. The van der Waals surface area contributed by atoms with Gasteiger partial charge in [-0.15, -0.1) is 0 Å². The monoisotopic (exact) mass is 430 g/mol. The molecule has 1 aliphatic heterocycles. The molecule has 1 atom stereocenters. The fourth-order valence-electron chi connectivity index (χ4n) is 4.55. The van der Waals surface area contributed by atoms with Crippen LogP contribution in [0.5, 0.6) is 0 Å². The molecule has 5 heteroatoms. The minimum absolute atomic E-state index is 0.0340. The Balaban J connectivity index is 1.55. The van der Waals surface area contributed by atoms with E-state index in [1.807, 2.05) is 49.4 Å². The van der Waals surface area contributed by atoms with E-state index >= 15 is 0 Å². The van der Waals surface area contributed by atoms with E-state index in [0.29, 0.717) is 12.2 Å². The Bertz CT molecular complexity index is 1010. The Morgan fingerprint density at radius 3 is 2.47 bits per heavy atom. The fraction of sp³-hybridized carbons (Fsp3) is 0.370. The number of anilines is 1. The second-order valence-corrected chi connectivity index (χ2v) is 8.73. The Kier molecular flexibility index (Phi) is 6.84. The second-order valence-electron chi connectivity index (χ2n) is 8.73. The summed E-state index contributed by atoms with van der Waals surface area (Å²) in [5.74, 6) is -0.666. The van der Waals surface area contributed by atoms with Crippen molar-refractivity contribution in [1.29, 1.82) is 0 Å².